The van der Waals surface area contributed by atoms with Crippen LogP contribution in [0, 0.1) is 5.92 Å². The molecule has 2 amide bonds. The number of nitrogens with zero attached hydrogens (tertiary/aromatic N) is 2. The fourth-order valence-electron chi connectivity index (χ4n) is 3.72. The van der Waals surface area contributed by atoms with Crippen molar-refractivity contribution in [3.05, 3.63) is 34.9 Å². The number of amides is 2. The lowest BCUT2D eigenvalue weighted by atomic mass is 9.94. The third kappa shape index (κ3) is 4.33. The fraction of sp³-hybridized carbons (Fsp3) is 0.579. The summed E-state index contributed by atoms with van der Waals surface area (Å²) in [6.07, 6.45) is 1.61. The van der Waals surface area contributed by atoms with Gasteiger partial charge in [-0.25, -0.2) is 0 Å². The van der Waals surface area contributed by atoms with Crippen LogP contribution in [0.4, 0.5) is 0 Å². The lowest BCUT2D eigenvalue weighted by Gasteiger charge is -2.39. The Morgan fingerprint density at radius 3 is 2.12 bits per heavy atom. The molecule has 0 bridgehead atoms. The minimum atomic E-state index is 0.00627. The van der Waals surface area contributed by atoms with E-state index in [1.54, 1.807) is 24.3 Å². The van der Waals surface area contributed by atoms with Gasteiger partial charge < -0.3 is 14.5 Å². The summed E-state index contributed by atoms with van der Waals surface area (Å²) in [4.78, 5) is 29.1. The van der Waals surface area contributed by atoms with E-state index in [4.69, 9.17) is 16.3 Å². The first-order valence-corrected chi connectivity index (χ1v) is 9.31. The number of hydrogen-bond donors (Lipinski definition) is 0. The first-order chi connectivity index (χ1) is 11.9. The molecule has 0 saturated carbocycles. The van der Waals surface area contributed by atoms with Crippen LogP contribution in [-0.4, -0.2) is 60.0 Å². The second kappa shape index (κ2) is 7.75. The minimum Gasteiger partial charge on any atom is -0.372 e. The van der Waals surface area contributed by atoms with Crippen LogP contribution in [0.25, 0.3) is 0 Å². The number of likely N-dealkylation sites (tertiary alicyclic amines) is 1. The molecular formula is C19H25ClN2O3. The summed E-state index contributed by atoms with van der Waals surface area (Å²) in [6, 6.07) is 6.95. The topological polar surface area (TPSA) is 49.9 Å². The molecule has 2 aliphatic heterocycles. The van der Waals surface area contributed by atoms with Gasteiger partial charge in [0.05, 0.1) is 12.2 Å². The molecule has 0 aliphatic carbocycles. The lowest BCUT2D eigenvalue weighted by molar-refractivity contribution is -0.148. The van der Waals surface area contributed by atoms with Crippen molar-refractivity contribution in [1.82, 2.24) is 9.80 Å². The second-order valence-electron chi connectivity index (χ2n) is 7.07. The van der Waals surface area contributed by atoms with Gasteiger partial charge in [0.2, 0.25) is 5.91 Å². The molecule has 2 saturated heterocycles. The molecule has 1 aromatic rings. The fourth-order valence-corrected chi connectivity index (χ4v) is 3.85. The van der Waals surface area contributed by atoms with E-state index in [1.807, 2.05) is 23.6 Å². The van der Waals surface area contributed by atoms with Crippen LogP contribution in [-0.2, 0) is 9.53 Å². The molecule has 6 heteroatoms. The van der Waals surface area contributed by atoms with Gasteiger partial charge in [-0.15, -0.1) is 0 Å². The molecule has 0 aromatic heterocycles. The minimum absolute atomic E-state index is 0.00627. The Labute approximate surface area is 153 Å². The van der Waals surface area contributed by atoms with Gasteiger partial charge in [-0.2, -0.15) is 0 Å². The van der Waals surface area contributed by atoms with Crippen molar-refractivity contribution >= 4 is 23.4 Å². The van der Waals surface area contributed by atoms with Crippen LogP contribution in [0.2, 0.25) is 5.02 Å². The van der Waals surface area contributed by atoms with Crippen LogP contribution in [0.3, 0.4) is 0 Å². The van der Waals surface area contributed by atoms with E-state index in [9.17, 15) is 9.59 Å². The number of carbonyl (C=O) groups is 2. The molecule has 2 atom stereocenters. The highest BCUT2D eigenvalue weighted by atomic mass is 35.5. The van der Waals surface area contributed by atoms with Crippen molar-refractivity contribution in [2.75, 3.05) is 26.2 Å². The van der Waals surface area contributed by atoms with Crippen LogP contribution in [0.15, 0.2) is 24.3 Å². The number of carbonyl (C=O) groups excluding carboxylic acids is 2. The summed E-state index contributed by atoms with van der Waals surface area (Å²) in [5, 5.41) is 0.620. The third-order valence-corrected chi connectivity index (χ3v) is 5.21. The van der Waals surface area contributed by atoms with Gasteiger partial charge in [0, 0.05) is 42.7 Å². The van der Waals surface area contributed by atoms with Gasteiger partial charge in [-0.1, -0.05) is 11.6 Å². The summed E-state index contributed by atoms with van der Waals surface area (Å²) in [5.41, 5.74) is 0.644. The normalized spacial score (nSPS) is 25.1. The SMILES string of the molecule is C[C@@H]1CN(C(=O)C2CCN(C(=O)c3ccc(Cl)cc3)CC2)C[C@@H](C)O1. The van der Waals surface area contributed by atoms with Gasteiger partial charge in [0.15, 0.2) is 0 Å². The first-order valence-electron chi connectivity index (χ1n) is 8.93. The zero-order valence-electron chi connectivity index (χ0n) is 14.8. The second-order valence-corrected chi connectivity index (χ2v) is 7.51. The van der Waals surface area contributed by atoms with Gasteiger partial charge in [-0.05, 0) is 51.0 Å². The van der Waals surface area contributed by atoms with E-state index in [1.165, 1.54) is 0 Å². The molecule has 0 N–H and O–H groups in total. The number of rotatable bonds is 2. The number of morpholine rings is 1. The van der Waals surface area contributed by atoms with Crippen LogP contribution >= 0.6 is 11.6 Å². The molecule has 2 heterocycles. The highest BCUT2D eigenvalue weighted by molar-refractivity contribution is 6.30. The van der Waals surface area contributed by atoms with Crippen molar-refractivity contribution in [2.45, 2.75) is 38.9 Å². The third-order valence-electron chi connectivity index (χ3n) is 4.95. The largest absolute Gasteiger partial charge is 0.372 e. The van der Waals surface area contributed by atoms with Gasteiger partial charge in [0.1, 0.15) is 0 Å². The quantitative estimate of drug-likeness (QED) is 0.810. The zero-order chi connectivity index (χ0) is 18.0. The highest BCUT2D eigenvalue weighted by Crippen LogP contribution is 2.23. The van der Waals surface area contributed by atoms with Crippen molar-refractivity contribution in [3.8, 4) is 0 Å². The maximum atomic E-state index is 12.8. The Hall–Kier alpha value is -1.59. The number of benzene rings is 1. The standard InChI is InChI=1S/C19H25ClN2O3/c1-13-11-22(12-14(2)25-13)19(24)16-7-9-21(10-8-16)18(23)15-3-5-17(20)6-4-15/h3-6,13-14,16H,7-12H2,1-2H3/t13-,14-/m1/s1. The van der Waals surface area contributed by atoms with Gasteiger partial charge in [-0.3, -0.25) is 9.59 Å². The molecule has 136 valence electrons. The molecule has 2 aliphatic rings. The zero-order valence-corrected chi connectivity index (χ0v) is 15.5. The first kappa shape index (κ1) is 18.2. The average Bonchev–Trinajstić information content (AvgIpc) is 2.60. The summed E-state index contributed by atoms with van der Waals surface area (Å²) in [6.45, 7) is 6.56. The Morgan fingerprint density at radius 2 is 1.56 bits per heavy atom. The Morgan fingerprint density at radius 1 is 1.00 bits per heavy atom. The number of ether oxygens (including phenoxy) is 1. The Bertz CT molecular complexity index is 616. The molecule has 2 fully saturated rings. The van der Waals surface area contributed by atoms with E-state index in [0.29, 0.717) is 36.8 Å². The molecule has 0 unspecified atom stereocenters. The predicted octanol–water partition coefficient (Wildman–Crippen LogP) is 2.83. The summed E-state index contributed by atoms with van der Waals surface area (Å²) >= 11 is 5.87. The van der Waals surface area contributed by atoms with E-state index < -0.39 is 0 Å². The maximum Gasteiger partial charge on any atom is 0.253 e. The molecule has 3 rings (SSSR count). The predicted molar refractivity (Wildman–Crippen MR) is 96.7 cm³/mol. The summed E-state index contributed by atoms with van der Waals surface area (Å²) < 4.78 is 5.70. The average molecular weight is 365 g/mol. The highest BCUT2D eigenvalue weighted by Gasteiger charge is 2.33. The van der Waals surface area contributed by atoms with Crippen LogP contribution in [0.5, 0.6) is 0 Å². The lowest BCUT2D eigenvalue weighted by Crippen LogP contribution is -2.51. The van der Waals surface area contributed by atoms with E-state index in [-0.39, 0.29) is 29.9 Å². The van der Waals surface area contributed by atoms with Gasteiger partial charge >= 0.3 is 0 Å². The molecule has 1 aromatic carbocycles. The molecule has 25 heavy (non-hydrogen) atoms. The van der Waals surface area contributed by atoms with Crippen molar-refractivity contribution in [1.29, 1.82) is 0 Å². The Balaban J connectivity index is 1.55. The van der Waals surface area contributed by atoms with E-state index in [2.05, 4.69) is 0 Å². The smallest absolute Gasteiger partial charge is 0.253 e. The van der Waals surface area contributed by atoms with E-state index in [0.717, 1.165) is 12.8 Å². The summed E-state index contributed by atoms with van der Waals surface area (Å²) in [7, 11) is 0. The molecule has 5 nitrogen and oxygen atoms in total. The van der Waals surface area contributed by atoms with Gasteiger partial charge in [0.25, 0.3) is 5.91 Å². The van der Waals surface area contributed by atoms with Crippen molar-refractivity contribution in [2.24, 2.45) is 5.92 Å². The maximum absolute atomic E-state index is 12.8. The number of halogens is 1. The molecular weight excluding hydrogens is 340 g/mol. The van der Waals surface area contributed by atoms with E-state index >= 15 is 0 Å². The monoisotopic (exact) mass is 364 g/mol. The molecule has 0 spiro atoms. The van der Waals surface area contributed by atoms with Crippen molar-refractivity contribution < 1.29 is 14.3 Å². The van der Waals surface area contributed by atoms with Crippen LogP contribution in [0.1, 0.15) is 37.0 Å². The number of piperidine rings is 1. The molecule has 0 radical (unpaired) electrons. The van der Waals surface area contributed by atoms with Crippen LogP contribution < -0.4 is 0 Å². The van der Waals surface area contributed by atoms with Crippen molar-refractivity contribution in [3.63, 3.8) is 0 Å². The summed E-state index contributed by atoms with van der Waals surface area (Å²) in [5.74, 6) is 0.226. The number of hydrogen-bond acceptors (Lipinski definition) is 3. The Kier molecular flexibility index (Phi) is 5.64.